The Hall–Kier alpha value is -0.390. The fourth-order valence-corrected chi connectivity index (χ4v) is 2.83. The van der Waals surface area contributed by atoms with Crippen LogP contribution in [0.25, 0.3) is 0 Å². The van der Waals surface area contributed by atoms with Crippen molar-refractivity contribution in [3.8, 4) is 0 Å². The molecule has 1 aliphatic carbocycles. The second-order valence-corrected chi connectivity index (χ2v) is 8.53. The molecule has 1 aromatic rings. The summed E-state index contributed by atoms with van der Waals surface area (Å²) in [5.74, 6) is 0.410. The van der Waals surface area contributed by atoms with Crippen LogP contribution in [0, 0.1) is 5.92 Å². The summed E-state index contributed by atoms with van der Waals surface area (Å²) in [6.07, 6.45) is 3.46. The van der Waals surface area contributed by atoms with Gasteiger partial charge in [0.05, 0.1) is 5.69 Å². The van der Waals surface area contributed by atoms with E-state index in [1.54, 1.807) is 0 Å². The first-order valence-electron chi connectivity index (χ1n) is 6.51. The fourth-order valence-electron chi connectivity index (χ4n) is 1.79. The first kappa shape index (κ1) is 15.0. The second kappa shape index (κ2) is 5.94. The lowest BCUT2D eigenvalue weighted by Gasteiger charge is -2.27. The van der Waals surface area contributed by atoms with E-state index in [9.17, 15) is 4.55 Å². The van der Waals surface area contributed by atoms with Crippen LogP contribution in [-0.2, 0) is 11.4 Å². The number of pyridine rings is 1. The minimum Gasteiger partial charge on any atom is -0.591 e. The standard InChI is InChI=1S/C14H19BrN2OS/c1-14(2,3)19(18)17-13(10-6-4-7-10)11-8-5-9-12(15)16-11/h5,8-10H,4,6-7H2,1-3H3/b17-13+. The average molecular weight is 343 g/mol. The molecule has 1 aromatic heterocycles. The SMILES string of the molecule is CC(C)(C)[S+]([O-])/N=C(/c1cccc(Br)n1)C1CCC1. The predicted molar refractivity (Wildman–Crippen MR) is 83.7 cm³/mol. The largest absolute Gasteiger partial charge is 0.591 e. The molecule has 0 aliphatic heterocycles. The Kier molecular flexibility index (Phi) is 4.69. The predicted octanol–water partition coefficient (Wildman–Crippen LogP) is 3.90. The van der Waals surface area contributed by atoms with Crippen LogP contribution in [0.2, 0.25) is 0 Å². The topological polar surface area (TPSA) is 48.3 Å². The van der Waals surface area contributed by atoms with Gasteiger partial charge < -0.3 is 4.55 Å². The number of hydrogen-bond donors (Lipinski definition) is 0. The molecule has 19 heavy (non-hydrogen) atoms. The highest BCUT2D eigenvalue weighted by Crippen LogP contribution is 2.32. The lowest BCUT2D eigenvalue weighted by Crippen LogP contribution is -2.30. The van der Waals surface area contributed by atoms with E-state index in [1.165, 1.54) is 6.42 Å². The van der Waals surface area contributed by atoms with Crippen LogP contribution >= 0.6 is 15.9 Å². The van der Waals surface area contributed by atoms with Crippen LogP contribution in [0.4, 0.5) is 0 Å². The van der Waals surface area contributed by atoms with Gasteiger partial charge in [-0.2, -0.15) is 0 Å². The molecule has 1 fully saturated rings. The van der Waals surface area contributed by atoms with E-state index in [0.29, 0.717) is 5.92 Å². The number of hydrogen-bond acceptors (Lipinski definition) is 3. The van der Waals surface area contributed by atoms with E-state index in [0.717, 1.165) is 28.9 Å². The fraction of sp³-hybridized carbons (Fsp3) is 0.571. The van der Waals surface area contributed by atoms with Crippen LogP contribution in [0.5, 0.6) is 0 Å². The second-order valence-electron chi connectivity index (χ2n) is 5.81. The molecule has 0 spiro atoms. The number of halogens is 1. The minimum absolute atomic E-state index is 0.332. The van der Waals surface area contributed by atoms with Gasteiger partial charge >= 0.3 is 0 Å². The zero-order valence-corrected chi connectivity index (χ0v) is 13.9. The van der Waals surface area contributed by atoms with Gasteiger partial charge in [-0.05, 0) is 61.7 Å². The van der Waals surface area contributed by atoms with Crippen molar-refractivity contribution in [2.45, 2.75) is 44.8 Å². The van der Waals surface area contributed by atoms with Gasteiger partial charge in [-0.25, -0.2) is 4.98 Å². The number of nitrogens with zero attached hydrogens (tertiary/aromatic N) is 2. The highest BCUT2D eigenvalue weighted by Gasteiger charge is 2.32. The van der Waals surface area contributed by atoms with Crippen LogP contribution < -0.4 is 0 Å². The Morgan fingerprint density at radius 3 is 2.58 bits per heavy atom. The first-order valence-corrected chi connectivity index (χ1v) is 8.41. The molecular weight excluding hydrogens is 324 g/mol. The average Bonchev–Trinajstić information content (AvgIpc) is 2.24. The zero-order valence-electron chi connectivity index (χ0n) is 11.5. The Morgan fingerprint density at radius 2 is 2.11 bits per heavy atom. The summed E-state index contributed by atoms with van der Waals surface area (Å²) in [6.45, 7) is 5.83. The molecule has 3 nitrogen and oxygen atoms in total. The van der Waals surface area contributed by atoms with Gasteiger partial charge in [-0.3, -0.25) is 0 Å². The van der Waals surface area contributed by atoms with Crippen LogP contribution in [0.15, 0.2) is 27.2 Å². The molecule has 0 saturated heterocycles. The summed E-state index contributed by atoms with van der Waals surface area (Å²) < 4.78 is 17.2. The van der Waals surface area contributed by atoms with Crippen molar-refractivity contribution >= 4 is 33.0 Å². The molecule has 0 N–H and O–H groups in total. The molecular formula is C14H19BrN2OS. The maximum absolute atomic E-state index is 12.3. The highest BCUT2D eigenvalue weighted by atomic mass is 79.9. The summed E-state index contributed by atoms with van der Waals surface area (Å²) >= 11 is 2.15. The lowest BCUT2D eigenvalue weighted by atomic mass is 9.80. The summed E-state index contributed by atoms with van der Waals surface area (Å²) in [4.78, 5) is 4.46. The normalized spacial score (nSPS) is 19.1. The van der Waals surface area contributed by atoms with E-state index in [2.05, 4.69) is 25.3 Å². The maximum atomic E-state index is 12.3. The Balaban J connectivity index is 2.33. The van der Waals surface area contributed by atoms with Crippen molar-refractivity contribution in [1.82, 2.24) is 4.98 Å². The molecule has 5 heteroatoms. The van der Waals surface area contributed by atoms with Crippen molar-refractivity contribution < 1.29 is 4.55 Å². The van der Waals surface area contributed by atoms with Crippen LogP contribution in [-0.4, -0.2) is 20.0 Å². The van der Waals surface area contributed by atoms with Gasteiger partial charge in [0.15, 0.2) is 0 Å². The van der Waals surface area contributed by atoms with Crippen LogP contribution in [0.3, 0.4) is 0 Å². The molecule has 1 aliphatic rings. The molecule has 0 aromatic carbocycles. The first-order chi connectivity index (χ1) is 8.88. The van der Waals surface area contributed by atoms with Crippen molar-refractivity contribution in [2.75, 3.05) is 0 Å². The summed E-state index contributed by atoms with van der Waals surface area (Å²) in [5, 5.41) is 0. The molecule has 0 radical (unpaired) electrons. The lowest BCUT2D eigenvalue weighted by molar-refractivity contribution is 0.413. The Morgan fingerprint density at radius 1 is 1.42 bits per heavy atom. The third kappa shape index (κ3) is 3.80. The molecule has 0 amide bonds. The van der Waals surface area contributed by atoms with Crippen molar-refractivity contribution in [2.24, 2.45) is 10.3 Å². The van der Waals surface area contributed by atoms with Gasteiger partial charge in [-0.1, -0.05) is 16.9 Å². The third-order valence-corrected chi connectivity index (χ3v) is 5.03. The molecule has 0 bridgehead atoms. The summed E-state index contributed by atoms with van der Waals surface area (Å²) in [5.41, 5.74) is 1.75. The Bertz CT molecular complexity index is 481. The van der Waals surface area contributed by atoms with Gasteiger partial charge in [-0.15, -0.1) is 0 Å². The van der Waals surface area contributed by atoms with Gasteiger partial charge in [0.25, 0.3) is 0 Å². The molecule has 1 heterocycles. The van der Waals surface area contributed by atoms with Crippen molar-refractivity contribution in [3.63, 3.8) is 0 Å². The maximum Gasteiger partial charge on any atom is 0.144 e. The molecule has 1 atom stereocenters. The van der Waals surface area contributed by atoms with Crippen molar-refractivity contribution in [3.05, 3.63) is 28.5 Å². The quantitative estimate of drug-likeness (QED) is 0.475. The van der Waals surface area contributed by atoms with Gasteiger partial charge in [0, 0.05) is 5.92 Å². The molecule has 2 rings (SSSR count). The molecule has 104 valence electrons. The third-order valence-electron chi connectivity index (χ3n) is 3.17. The summed E-state index contributed by atoms with van der Waals surface area (Å²) in [6, 6.07) is 5.78. The monoisotopic (exact) mass is 342 g/mol. The van der Waals surface area contributed by atoms with E-state index < -0.39 is 11.4 Å². The smallest absolute Gasteiger partial charge is 0.144 e. The van der Waals surface area contributed by atoms with E-state index in [1.807, 2.05) is 39.0 Å². The number of aromatic nitrogens is 1. The van der Waals surface area contributed by atoms with Crippen LogP contribution in [0.1, 0.15) is 45.7 Å². The van der Waals surface area contributed by atoms with Crippen molar-refractivity contribution in [1.29, 1.82) is 0 Å². The summed E-state index contributed by atoms with van der Waals surface area (Å²) in [7, 11) is 0. The zero-order chi connectivity index (χ0) is 14.0. The Labute approximate surface area is 126 Å². The van der Waals surface area contributed by atoms with E-state index in [-0.39, 0.29) is 4.75 Å². The molecule has 1 saturated carbocycles. The van der Waals surface area contributed by atoms with Gasteiger partial charge in [0.2, 0.25) is 0 Å². The van der Waals surface area contributed by atoms with E-state index in [4.69, 9.17) is 0 Å². The highest BCUT2D eigenvalue weighted by molar-refractivity contribution is 9.10. The van der Waals surface area contributed by atoms with Gasteiger partial charge in [0.1, 0.15) is 26.4 Å². The minimum atomic E-state index is -1.23. The van der Waals surface area contributed by atoms with E-state index >= 15 is 0 Å². The molecule has 1 unspecified atom stereocenters. The number of rotatable bonds is 3.